The minimum absolute atomic E-state index is 0.418. The van der Waals surface area contributed by atoms with E-state index in [9.17, 15) is 0 Å². The molecule has 0 atom stereocenters. The largest absolute Gasteiger partial charge is 0.231 e. The molecular weight excluding hydrogens is 200 g/mol. The summed E-state index contributed by atoms with van der Waals surface area (Å²) in [5, 5.41) is 0. The van der Waals surface area contributed by atoms with E-state index in [-0.39, 0.29) is 0 Å². The second kappa shape index (κ2) is 4.82. The van der Waals surface area contributed by atoms with Crippen molar-refractivity contribution in [3.05, 3.63) is 0 Å². The maximum absolute atomic E-state index is 5.84. The quantitative estimate of drug-likeness (QED) is 0.519. The van der Waals surface area contributed by atoms with Gasteiger partial charge in [-0.25, -0.2) is 8.61 Å². The van der Waals surface area contributed by atoms with Crippen LogP contribution in [0.2, 0.25) is 0 Å². The Labute approximate surface area is 81.9 Å². The molecule has 1 aliphatic rings. The molecule has 0 saturated carbocycles. The molecule has 5 heteroatoms. The Hall–Kier alpha value is 0.910. The molecule has 1 aliphatic heterocycles. The van der Waals surface area contributed by atoms with Crippen molar-refractivity contribution in [2.24, 2.45) is 0 Å². The van der Waals surface area contributed by atoms with Crippen molar-refractivity contribution in [3.63, 3.8) is 0 Å². The maximum Gasteiger partial charge on any atom is 0.0952 e. The molecule has 0 aromatic rings. The zero-order valence-corrected chi connectivity index (χ0v) is 9.18. The summed E-state index contributed by atoms with van der Waals surface area (Å²) in [4.78, 5) is 0. The fraction of sp³-hybridized carbons (Fsp3) is 1.00. The van der Waals surface area contributed by atoms with Gasteiger partial charge in [0, 0.05) is 13.1 Å². The van der Waals surface area contributed by atoms with Gasteiger partial charge in [-0.05, 0) is 12.5 Å². The standard InChI is InChI=1S/C6H13ClN2S2/c1-10-8-3-4-9(11-2)6(8)5-7/h6H,3-5H2,1-2H3. The van der Waals surface area contributed by atoms with Gasteiger partial charge in [0.05, 0.1) is 12.0 Å². The molecule has 0 unspecified atom stereocenters. The zero-order chi connectivity index (χ0) is 8.27. The molecule has 0 spiro atoms. The summed E-state index contributed by atoms with van der Waals surface area (Å²) in [6.07, 6.45) is 4.62. The minimum atomic E-state index is 0.418. The van der Waals surface area contributed by atoms with Crippen LogP contribution in [0.4, 0.5) is 0 Å². The summed E-state index contributed by atoms with van der Waals surface area (Å²) in [5.41, 5.74) is 0. The topological polar surface area (TPSA) is 6.48 Å². The minimum Gasteiger partial charge on any atom is -0.231 e. The molecule has 0 aromatic carbocycles. The number of halogens is 1. The van der Waals surface area contributed by atoms with Crippen molar-refractivity contribution in [2.45, 2.75) is 6.17 Å². The summed E-state index contributed by atoms with van der Waals surface area (Å²) in [6.45, 7) is 2.25. The van der Waals surface area contributed by atoms with E-state index in [0.717, 1.165) is 13.1 Å². The molecule has 1 heterocycles. The predicted octanol–water partition coefficient (Wildman–Crippen LogP) is 1.72. The third-order valence-corrected chi connectivity index (χ3v) is 3.88. The lowest BCUT2D eigenvalue weighted by Gasteiger charge is -2.24. The predicted molar refractivity (Wildman–Crippen MR) is 55.0 cm³/mol. The molecule has 0 aromatic heterocycles. The van der Waals surface area contributed by atoms with Gasteiger partial charge in [-0.15, -0.1) is 11.6 Å². The average Bonchev–Trinajstić information content (AvgIpc) is 2.45. The van der Waals surface area contributed by atoms with Crippen molar-refractivity contribution in [1.82, 2.24) is 8.61 Å². The summed E-state index contributed by atoms with van der Waals surface area (Å²) < 4.78 is 4.65. The molecule has 0 bridgehead atoms. The van der Waals surface area contributed by atoms with Crippen LogP contribution in [0.5, 0.6) is 0 Å². The molecule has 0 radical (unpaired) electrons. The molecule has 0 amide bonds. The maximum atomic E-state index is 5.84. The van der Waals surface area contributed by atoms with Gasteiger partial charge in [0.1, 0.15) is 0 Å². The van der Waals surface area contributed by atoms with Gasteiger partial charge < -0.3 is 0 Å². The second-order valence-corrected chi connectivity index (χ2v) is 4.26. The van der Waals surface area contributed by atoms with Crippen LogP contribution in [0.25, 0.3) is 0 Å². The van der Waals surface area contributed by atoms with Crippen LogP contribution >= 0.6 is 35.5 Å². The van der Waals surface area contributed by atoms with Crippen LogP contribution in [0, 0.1) is 0 Å². The van der Waals surface area contributed by atoms with Gasteiger partial charge in [0.2, 0.25) is 0 Å². The van der Waals surface area contributed by atoms with E-state index in [4.69, 9.17) is 11.6 Å². The van der Waals surface area contributed by atoms with Crippen molar-refractivity contribution in [3.8, 4) is 0 Å². The Balaban J connectivity index is 2.48. The van der Waals surface area contributed by atoms with Crippen LogP contribution in [-0.2, 0) is 0 Å². The SMILES string of the molecule is CSN1CCN(SC)C1CCl. The number of alkyl halides is 1. The van der Waals surface area contributed by atoms with Gasteiger partial charge in [-0.2, -0.15) is 0 Å². The van der Waals surface area contributed by atoms with Gasteiger partial charge in [0.15, 0.2) is 0 Å². The van der Waals surface area contributed by atoms with E-state index in [1.807, 2.05) is 0 Å². The fourth-order valence-electron chi connectivity index (χ4n) is 1.22. The van der Waals surface area contributed by atoms with Crippen molar-refractivity contribution < 1.29 is 0 Å². The monoisotopic (exact) mass is 212 g/mol. The van der Waals surface area contributed by atoms with Crippen LogP contribution < -0.4 is 0 Å². The lowest BCUT2D eigenvalue weighted by molar-refractivity contribution is 0.358. The Morgan fingerprint density at radius 1 is 1.27 bits per heavy atom. The first-order valence-electron chi connectivity index (χ1n) is 3.51. The van der Waals surface area contributed by atoms with Crippen LogP contribution in [0.15, 0.2) is 0 Å². The van der Waals surface area contributed by atoms with Gasteiger partial charge >= 0.3 is 0 Å². The molecule has 2 nitrogen and oxygen atoms in total. The smallest absolute Gasteiger partial charge is 0.0952 e. The first kappa shape index (κ1) is 9.99. The molecule has 66 valence electrons. The Kier molecular flexibility index (Phi) is 4.38. The number of nitrogens with zero attached hydrogens (tertiary/aromatic N) is 2. The highest BCUT2D eigenvalue weighted by Gasteiger charge is 2.30. The summed E-state index contributed by atoms with van der Waals surface area (Å²) in [6, 6.07) is 0. The average molecular weight is 213 g/mol. The highest BCUT2D eigenvalue weighted by atomic mass is 35.5. The lowest BCUT2D eigenvalue weighted by atomic mass is 10.6. The second-order valence-electron chi connectivity index (χ2n) is 2.28. The van der Waals surface area contributed by atoms with Crippen molar-refractivity contribution >= 4 is 35.5 Å². The van der Waals surface area contributed by atoms with E-state index in [1.165, 1.54) is 0 Å². The summed E-state index contributed by atoms with van der Waals surface area (Å²) in [5.74, 6) is 0.696. The lowest BCUT2D eigenvalue weighted by Crippen LogP contribution is -2.32. The van der Waals surface area contributed by atoms with E-state index >= 15 is 0 Å². The summed E-state index contributed by atoms with van der Waals surface area (Å²) >= 11 is 9.40. The third kappa shape index (κ3) is 2.18. The highest BCUT2D eigenvalue weighted by Crippen LogP contribution is 2.26. The van der Waals surface area contributed by atoms with Crippen LogP contribution in [0.1, 0.15) is 0 Å². The van der Waals surface area contributed by atoms with E-state index in [1.54, 1.807) is 23.9 Å². The molecular formula is C6H13ClN2S2. The number of hydrogen-bond acceptors (Lipinski definition) is 4. The van der Waals surface area contributed by atoms with Gasteiger partial charge in [-0.1, -0.05) is 23.9 Å². The van der Waals surface area contributed by atoms with Crippen molar-refractivity contribution in [2.75, 3.05) is 31.5 Å². The van der Waals surface area contributed by atoms with E-state index in [0.29, 0.717) is 12.0 Å². The first-order chi connectivity index (χ1) is 5.33. The third-order valence-electron chi connectivity index (χ3n) is 1.81. The van der Waals surface area contributed by atoms with Crippen molar-refractivity contribution in [1.29, 1.82) is 0 Å². The molecule has 0 aliphatic carbocycles. The highest BCUT2D eigenvalue weighted by molar-refractivity contribution is 7.97. The molecule has 0 N–H and O–H groups in total. The Bertz CT molecular complexity index is 113. The fourth-order valence-corrected chi connectivity index (χ4v) is 3.17. The van der Waals surface area contributed by atoms with E-state index in [2.05, 4.69) is 21.1 Å². The zero-order valence-electron chi connectivity index (χ0n) is 6.79. The van der Waals surface area contributed by atoms with Crippen LogP contribution in [0.3, 0.4) is 0 Å². The van der Waals surface area contributed by atoms with Gasteiger partial charge in [0.25, 0.3) is 0 Å². The van der Waals surface area contributed by atoms with Crippen LogP contribution in [-0.4, -0.2) is 46.3 Å². The Morgan fingerprint density at radius 2 is 1.73 bits per heavy atom. The summed E-state index contributed by atoms with van der Waals surface area (Å²) in [7, 11) is 0. The van der Waals surface area contributed by atoms with Gasteiger partial charge in [-0.3, -0.25) is 0 Å². The molecule has 1 saturated heterocycles. The molecule has 1 rings (SSSR count). The van der Waals surface area contributed by atoms with E-state index < -0.39 is 0 Å². The number of rotatable bonds is 3. The molecule has 1 fully saturated rings. The normalized spacial score (nSPS) is 23.2. The molecule has 11 heavy (non-hydrogen) atoms. The first-order valence-corrected chi connectivity index (χ1v) is 6.40. The number of hydrogen-bond donors (Lipinski definition) is 0. The Morgan fingerprint density at radius 3 is 2.00 bits per heavy atom.